The van der Waals surface area contributed by atoms with Crippen LogP contribution in [0, 0.1) is 5.82 Å². The first-order valence-electron chi connectivity index (χ1n) is 9.23. The minimum Gasteiger partial charge on any atom is -0.356 e. The van der Waals surface area contributed by atoms with Crippen LogP contribution in [0.15, 0.2) is 78.2 Å². The highest BCUT2D eigenvalue weighted by Gasteiger charge is 2.12. The van der Waals surface area contributed by atoms with Crippen molar-refractivity contribution in [2.75, 3.05) is 0 Å². The van der Waals surface area contributed by atoms with Crippen LogP contribution in [0.25, 0.3) is 32.9 Å². The number of aromatic nitrogens is 4. The highest BCUT2D eigenvalue weighted by molar-refractivity contribution is 5.96. The molecule has 0 bridgehead atoms. The summed E-state index contributed by atoms with van der Waals surface area (Å²) in [4.78, 5) is 20.5. The van der Waals surface area contributed by atoms with E-state index < -0.39 is 0 Å². The van der Waals surface area contributed by atoms with Crippen molar-refractivity contribution in [3.05, 3.63) is 95.2 Å². The molecule has 0 saturated heterocycles. The van der Waals surface area contributed by atoms with E-state index in [-0.39, 0.29) is 17.9 Å². The number of nitrogens with zero attached hydrogens (tertiary/aromatic N) is 4. The van der Waals surface area contributed by atoms with E-state index in [1.54, 1.807) is 24.5 Å². The van der Waals surface area contributed by atoms with E-state index >= 15 is 4.39 Å². The Kier molecular flexibility index (Phi) is 3.98. The molecule has 29 heavy (non-hydrogen) atoms. The summed E-state index contributed by atoms with van der Waals surface area (Å²) in [6.07, 6.45) is 8.52. The van der Waals surface area contributed by atoms with E-state index in [1.807, 2.05) is 48.3 Å². The number of halogens is 1. The standard InChI is InChI=1S/C23H17FN4O/c1-27-12-16-3-2-4-18(19(16)14-27)15-5-6-17(20(24)9-15)13-28-22-10-25-8-7-21(22)26-11-23(28)29/h2-12,14H,13H2,1H3. The van der Waals surface area contributed by atoms with Crippen molar-refractivity contribution in [2.45, 2.75) is 6.54 Å². The fourth-order valence-corrected chi connectivity index (χ4v) is 3.74. The van der Waals surface area contributed by atoms with Gasteiger partial charge in [0.1, 0.15) is 5.82 Å². The van der Waals surface area contributed by atoms with Gasteiger partial charge in [-0.1, -0.05) is 30.3 Å². The number of aryl methyl sites for hydroxylation is 1. The van der Waals surface area contributed by atoms with Gasteiger partial charge in [0.2, 0.25) is 0 Å². The first-order chi connectivity index (χ1) is 14.1. The lowest BCUT2D eigenvalue weighted by Crippen LogP contribution is -2.21. The van der Waals surface area contributed by atoms with Crippen molar-refractivity contribution in [2.24, 2.45) is 7.05 Å². The number of fused-ring (bicyclic) bond motifs is 2. The summed E-state index contributed by atoms with van der Waals surface area (Å²) in [6.45, 7) is 0.116. The number of benzene rings is 2. The molecule has 5 rings (SSSR count). The van der Waals surface area contributed by atoms with Crippen molar-refractivity contribution >= 4 is 21.8 Å². The van der Waals surface area contributed by atoms with Crippen LogP contribution in [0.4, 0.5) is 4.39 Å². The fourth-order valence-electron chi connectivity index (χ4n) is 3.74. The molecule has 0 aliphatic carbocycles. The van der Waals surface area contributed by atoms with Gasteiger partial charge >= 0.3 is 0 Å². The summed E-state index contributed by atoms with van der Waals surface area (Å²) >= 11 is 0. The average molecular weight is 384 g/mol. The summed E-state index contributed by atoms with van der Waals surface area (Å²) in [5.41, 5.74) is 3.15. The first kappa shape index (κ1) is 17.3. The Hall–Kier alpha value is -3.80. The van der Waals surface area contributed by atoms with E-state index in [4.69, 9.17) is 0 Å². The molecule has 3 heterocycles. The summed E-state index contributed by atoms with van der Waals surface area (Å²) in [6, 6.07) is 12.9. The molecule has 0 unspecified atom stereocenters. The Labute approximate surface area is 165 Å². The lowest BCUT2D eigenvalue weighted by Gasteiger charge is -2.11. The third-order valence-corrected chi connectivity index (χ3v) is 5.16. The van der Waals surface area contributed by atoms with Crippen molar-refractivity contribution in [1.29, 1.82) is 0 Å². The maximum Gasteiger partial charge on any atom is 0.269 e. The molecule has 0 spiro atoms. The minimum absolute atomic E-state index is 0.116. The highest BCUT2D eigenvalue weighted by Crippen LogP contribution is 2.30. The Balaban J connectivity index is 1.58. The predicted octanol–water partition coefficient (Wildman–Crippen LogP) is 4.14. The first-order valence-corrected chi connectivity index (χ1v) is 9.23. The van der Waals surface area contributed by atoms with Crippen molar-refractivity contribution in [1.82, 2.24) is 19.1 Å². The molecule has 3 aromatic heterocycles. The predicted molar refractivity (Wildman–Crippen MR) is 111 cm³/mol. The van der Waals surface area contributed by atoms with Crippen molar-refractivity contribution < 1.29 is 4.39 Å². The SMILES string of the molecule is Cn1cc2cccc(-c3ccc(Cn4c(=O)cnc5ccncc54)c(F)c3)c2c1. The zero-order valence-corrected chi connectivity index (χ0v) is 15.7. The van der Waals surface area contributed by atoms with Gasteiger partial charge in [-0.3, -0.25) is 14.3 Å². The van der Waals surface area contributed by atoms with Gasteiger partial charge in [0.25, 0.3) is 5.56 Å². The molecule has 5 nitrogen and oxygen atoms in total. The van der Waals surface area contributed by atoms with Gasteiger partial charge in [0, 0.05) is 36.6 Å². The lowest BCUT2D eigenvalue weighted by atomic mass is 9.99. The molecular weight excluding hydrogens is 367 g/mol. The fraction of sp³-hybridized carbons (Fsp3) is 0.0870. The van der Waals surface area contributed by atoms with Gasteiger partial charge < -0.3 is 4.57 Å². The van der Waals surface area contributed by atoms with Crippen LogP contribution >= 0.6 is 0 Å². The smallest absolute Gasteiger partial charge is 0.269 e. The van der Waals surface area contributed by atoms with Crippen LogP contribution in [0.3, 0.4) is 0 Å². The summed E-state index contributed by atoms with van der Waals surface area (Å²) in [5.74, 6) is -0.351. The van der Waals surface area contributed by atoms with Gasteiger partial charge in [0.05, 0.1) is 30.0 Å². The normalized spacial score (nSPS) is 11.4. The van der Waals surface area contributed by atoms with E-state index in [0.717, 1.165) is 21.9 Å². The third kappa shape index (κ3) is 2.99. The van der Waals surface area contributed by atoms with Crippen LogP contribution < -0.4 is 5.56 Å². The molecule has 0 N–H and O–H groups in total. The molecule has 0 aliphatic rings. The van der Waals surface area contributed by atoms with E-state index in [9.17, 15) is 4.79 Å². The van der Waals surface area contributed by atoms with Gasteiger partial charge in [-0.15, -0.1) is 0 Å². The maximum absolute atomic E-state index is 15.0. The van der Waals surface area contributed by atoms with Gasteiger partial charge in [0.15, 0.2) is 0 Å². The van der Waals surface area contributed by atoms with E-state index in [0.29, 0.717) is 16.6 Å². The minimum atomic E-state index is -0.351. The molecule has 0 amide bonds. The summed E-state index contributed by atoms with van der Waals surface area (Å²) in [7, 11) is 1.97. The van der Waals surface area contributed by atoms with Gasteiger partial charge in [-0.05, 0) is 28.6 Å². The zero-order chi connectivity index (χ0) is 20.0. The molecule has 142 valence electrons. The second kappa shape index (κ2) is 6.67. The van der Waals surface area contributed by atoms with Crippen LogP contribution in [0.2, 0.25) is 0 Å². The van der Waals surface area contributed by atoms with Crippen LogP contribution in [0.1, 0.15) is 5.56 Å². The number of hydrogen-bond donors (Lipinski definition) is 0. The molecule has 0 saturated carbocycles. The second-order valence-corrected chi connectivity index (χ2v) is 7.09. The largest absolute Gasteiger partial charge is 0.356 e. The second-order valence-electron chi connectivity index (χ2n) is 7.09. The molecule has 5 aromatic rings. The maximum atomic E-state index is 15.0. The van der Waals surface area contributed by atoms with Crippen molar-refractivity contribution in [3.8, 4) is 11.1 Å². The molecule has 0 atom stereocenters. The summed E-state index contributed by atoms with van der Waals surface area (Å²) in [5, 5.41) is 2.18. The highest BCUT2D eigenvalue weighted by atomic mass is 19.1. The molecular formula is C23H17FN4O. The Bertz CT molecular complexity index is 1430. The topological polar surface area (TPSA) is 52.7 Å². The lowest BCUT2D eigenvalue weighted by molar-refractivity contribution is 0.599. The van der Waals surface area contributed by atoms with Crippen molar-refractivity contribution in [3.63, 3.8) is 0 Å². The average Bonchev–Trinajstić information content (AvgIpc) is 3.11. The Morgan fingerprint density at radius 2 is 1.97 bits per heavy atom. The number of rotatable bonds is 3. The molecule has 6 heteroatoms. The Morgan fingerprint density at radius 3 is 2.83 bits per heavy atom. The Morgan fingerprint density at radius 1 is 1.07 bits per heavy atom. The monoisotopic (exact) mass is 384 g/mol. The van der Waals surface area contributed by atoms with Gasteiger partial charge in [-0.2, -0.15) is 0 Å². The van der Waals surface area contributed by atoms with Crippen LogP contribution in [-0.2, 0) is 13.6 Å². The zero-order valence-electron chi connectivity index (χ0n) is 15.7. The van der Waals surface area contributed by atoms with E-state index in [2.05, 4.69) is 9.97 Å². The summed E-state index contributed by atoms with van der Waals surface area (Å²) < 4.78 is 18.5. The van der Waals surface area contributed by atoms with Gasteiger partial charge in [-0.25, -0.2) is 9.37 Å². The third-order valence-electron chi connectivity index (χ3n) is 5.16. The molecule has 2 aromatic carbocycles. The molecule has 0 radical (unpaired) electrons. The quantitative estimate of drug-likeness (QED) is 0.470. The van der Waals surface area contributed by atoms with Crippen LogP contribution in [-0.4, -0.2) is 19.1 Å². The number of pyridine rings is 1. The molecule has 0 aliphatic heterocycles. The van der Waals surface area contributed by atoms with Crippen LogP contribution in [0.5, 0.6) is 0 Å². The number of hydrogen-bond acceptors (Lipinski definition) is 3. The van der Waals surface area contributed by atoms with E-state index in [1.165, 1.54) is 16.8 Å². The molecule has 0 fully saturated rings.